The predicted molar refractivity (Wildman–Crippen MR) is 70.0 cm³/mol. The summed E-state index contributed by atoms with van der Waals surface area (Å²) in [4.78, 5) is 4.25. The summed E-state index contributed by atoms with van der Waals surface area (Å²) in [7, 11) is 6.16. The number of rotatable bonds is 3. The summed E-state index contributed by atoms with van der Waals surface area (Å²) in [6.45, 7) is 4.39. The quantitative estimate of drug-likeness (QED) is 0.739. The Bertz CT molecular complexity index is 333. The zero-order chi connectivity index (χ0) is 12.7. The van der Waals surface area contributed by atoms with Crippen LogP contribution in [-0.2, 0) is 13.6 Å². The summed E-state index contributed by atoms with van der Waals surface area (Å²) in [5.74, 6) is 0. The molecule has 0 saturated heterocycles. The number of aromatic nitrogens is 2. The molecule has 0 atom stereocenters. The Hall–Kier alpha value is -1.45. The Morgan fingerprint density at radius 1 is 1.18 bits per heavy atom. The molecule has 2 rings (SSSR count). The molecule has 4 nitrogen and oxygen atoms in total. The highest BCUT2D eigenvalue weighted by atomic mass is 15.3. The summed E-state index contributed by atoms with van der Waals surface area (Å²) in [5, 5.41) is 0. The third-order valence-corrected chi connectivity index (χ3v) is 2.62. The van der Waals surface area contributed by atoms with Crippen molar-refractivity contribution in [3.05, 3.63) is 31.1 Å². The van der Waals surface area contributed by atoms with Crippen LogP contribution in [-0.4, -0.2) is 35.1 Å². The summed E-state index contributed by atoms with van der Waals surface area (Å²) < 4.78 is 4.28. The van der Waals surface area contributed by atoms with Crippen LogP contribution in [0.5, 0.6) is 0 Å². The van der Waals surface area contributed by atoms with Crippen LogP contribution >= 0.6 is 0 Å². The second kappa shape index (κ2) is 6.99. The van der Waals surface area contributed by atoms with Crippen LogP contribution < -0.4 is 4.57 Å². The van der Waals surface area contributed by atoms with E-state index in [2.05, 4.69) is 71.1 Å². The van der Waals surface area contributed by atoms with Gasteiger partial charge in [-0.1, -0.05) is 13.3 Å². The second-order valence-electron chi connectivity index (χ2n) is 4.62. The van der Waals surface area contributed by atoms with Crippen LogP contribution in [0.15, 0.2) is 31.1 Å². The molecule has 4 heteroatoms. The minimum Gasteiger partial charge on any atom is -0.362 e. The zero-order valence-electron chi connectivity index (χ0n) is 11.5. The van der Waals surface area contributed by atoms with Crippen LogP contribution in [0.1, 0.15) is 19.8 Å². The maximum Gasteiger partial charge on any atom is 0.243 e. The van der Waals surface area contributed by atoms with Crippen molar-refractivity contribution in [2.24, 2.45) is 7.05 Å². The highest BCUT2D eigenvalue weighted by Crippen LogP contribution is 1.97. The molecule has 0 spiro atoms. The van der Waals surface area contributed by atoms with E-state index in [9.17, 15) is 0 Å². The molecule has 2 heterocycles. The van der Waals surface area contributed by atoms with E-state index in [1.54, 1.807) is 0 Å². The lowest BCUT2D eigenvalue weighted by Gasteiger charge is -2.10. The Balaban J connectivity index is 0.000000181. The Labute approximate surface area is 105 Å². The third kappa shape index (κ3) is 5.43. The Morgan fingerprint density at radius 3 is 2.18 bits per heavy atom. The minimum absolute atomic E-state index is 1.03. The van der Waals surface area contributed by atoms with Gasteiger partial charge in [-0.2, -0.15) is 0 Å². The molecule has 0 unspecified atom stereocenters. The van der Waals surface area contributed by atoms with Gasteiger partial charge >= 0.3 is 0 Å². The summed E-state index contributed by atoms with van der Waals surface area (Å²) in [6, 6.07) is 0. The van der Waals surface area contributed by atoms with Crippen molar-refractivity contribution < 1.29 is 4.57 Å². The normalized spacial score (nSPS) is 13.9. The van der Waals surface area contributed by atoms with E-state index in [0.717, 1.165) is 13.2 Å². The number of nitrogens with zero attached hydrogens (tertiary/aromatic N) is 4. The first-order valence-electron chi connectivity index (χ1n) is 6.21. The van der Waals surface area contributed by atoms with Gasteiger partial charge in [0.1, 0.15) is 12.4 Å². The summed E-state index contributed by atoms with van der Waals surface area (Å²) in [5.41, 5.74) is 0. The molecule has 0 radical (unpaired) electrons. The molecule has 0 N–H and O–H groups in total. The topological polar surface area (TPSA) is 15.3 Å². The smallest absolute Gasteiger partial charge is 0.243 e. The first kappa shape index (κ1) is 13.6. The molecule has 0 aliphatic carbocycles. The number of hydrogen-bond donors (Lipinski definition) is 0. The molecule has 0 aromatic carbocycles. The van der Waals surface area contributed by atoms with Crippen LogP contribution in [0.2, 0.25) is 0 Å². The van der Waals surface area contributed by atoms with Gasteiger partial charge in [-0.05, 0) is 6.42 Å². The molecule has 96 valence electrons. The van der Waals surface area contributed by atoms with E-state index < -0.39 is 0 Å². The van der Waals surface area contributed by atoms with Gasteiger partial charge in [0, 0.05) is 26.5 Å². The molecule has 1 aromatic heterocycles. The van der Waals surface area contributed by atoms with E-state index in [-0.39, 0.29) is 0 Å². The fraction of sp³-hybridized carbons (Fsp3) is 0.615. The van der Waals surface area contributed by atoms with E-state index in [4.69, 9.17) is 0 Å². The van der Waals surface area contributed by atoms with Crippen molar-refractivity contribution in [3.8, 4) is 0 Å². The van der Waals surface area contributed by atoms with Crippen LogP contribution in [0.4, 0.5) is 0 Å². The van der Waals surface area contributed by atoms with Gasteiger partial charge < -0.3 is 9.80 Å². The largest absolute Gasteiger partial charge is 0.362 e. The first-order chi connectivity index (χ1) is 8.11. The Kier molecular flexibility index (Phi) is 5.60. The van der Waals surface area contributed by atoms with Gasteiger partial charge in [-0.25, -0.2) is 9.13 Å². The average Bonchev–Trinajstić information content (AvgIpc) is 2.86. The van der Waals surface area contributed by atoms with Crippen molar-refractivity contribution in [2.75, 3.05) is 20.8 Å². The maximum absolute atomic E-state index is 2.21. The first-order valence-corrected chi connectivity index (χ1v) is 6.21. The van der Waals surface area contributed by atoms with Crippen molar-refractivity contribution in [2.45, 2.75) is 26.3 Å². The third-order valence-electron chi connectivity index (χ3n) is 2.62. The molecule has 0 saturated carbocycles. The van der Waals surface area contributed by atoms with E-state index in [1.165, 1.54) is 12.8 Å². The number of aryl methyl sites for hydroxylation is 2. The van der Waals surface area contributed by atoms with Crippen molar-refractivity contribution in [1.82, 2.24) is 14.4 Å². The predicted octanol–water partition coefficient (Wildman–Crippen LogP) is 1.41. The van der Waals surface area contributed by atoms with Gasteiger partial charge in [0.2, 0.25) is 6.33 Å². The lowest BCUT2D eigenvalue weighted by molar-refractivity contribution is -0.671. The number of imidazole rings is 1. The van der Waals surface area contributed by atoms with Gasteiger partial charge in [0.15, 0.2) is 0 Å². The average molecular weight is 237 g/mol. The molecule has 17 heavy (non-hydrogen) atoms. The van der Waals surface area contributed by atoms with Gasteiger partial charge in [0.05, 0.1) is 20.3 Å². The highest BCUT2D eigenvalue weighted by Gasteiger charge is 1.99. The van der Waals surface area contributed by atoms with Crippen LogP contribution in [0.25, 0.3) is 0 Å². The standard InChI is InChI=1S/C8H15N2.C5H10N2/c1-3-4-5-10-7-6-9(2)8-10;1-6-3-4-7(2)5-6/h6-8H,3-5H2,1-2H3;3-4H,5H2,1-2H3/q+1;. The number of unbranched alkanes of at least 4 members (excludes halogenated alkanes) is 1. The molecule has 0 bridgehead atoms. The maximum atomic E-state index is 2.21. The molecule has 1 aromatic rings. The van der Waals surface area contributed by atoms with E-state index in [1.807, 2.05) is 7.05 Å². The minimum atomic E-state index is 1.03. The highest BCUT2D eigenvalue weighted by molar-refractivity contribution is 4.85. The van der Waals surface area contributed by atoms with E-state index >= 15 is 0 Å². The van der Waals surface area contributed by atoms with Gasteiger partial charge in [-0.3, -0.25) is 0 Å². The SMILES string of the molecule is CCCCn1cc[n+](C)c1.CN1C=CN(C)C1. The number of hydrogen-bond acceptors (Lipinski definition) is 2. The van der Waals surface area contributed by atoms with Crippen molar-refractivity contribution >= 4 is 0 Å². The Morgan fingerprint density at radius 2 is 1.82 bits per heavy atom. The lowest BCUT2D eigenvalue weighted by atomic mass is 10.3. The van der Waals surface area contributed by atoms with E-state index in [0.29, 0.717) is 0 Å². The van der Waals surface area contributed by atoms with Crippen molar-refractivity contribution in [3.63, 3.8) is 0 Å². The second-order valence-corrected chi connectivity index (χ2v) is 4.62. The molecular weight excluding hydrogens is 212 g/mol. The summed E-state index contributed by atoms with van der Waals surface area (Å²) in [6.07, 6.45) is 12.9. The van der Waals surface area contributed by atoms with Gasteiger partial charge in [0.25, 0.3) is 0 Å². The molecule has 1 aliphatic rings. The molecular formula is C13H25N4+. The molecule has 0 amide bonds. The molecule has 0 fully saturated rings. The summed E-state index contributed by atoms with van der Waals surface area (Å²) >= 11 is 0. The van der Waals surface area contributed by atoms with Gasteiger partial charge in [-0.15, -0.1) is 0 Å². The van der Waals surface area contributed by atoms with Crippen LogP contribution in [0, 0.1) is 0 Å². The fourth-order valence-electron chi connectivity index (χ4n) is 1.65. The van der Waals surface area contributed by atoms with Crippen LogP contribution in [0.3, 0.4) is 0 Å². The monoisotopic (exact) mass is 237 g/mol. The lowest BCUT2D eigenvalue weighted by Crippen LogP contribution is -2.23. The molecule has 1 aliphatic heterocycles. The zero-order valence-corrected chi connectivity index (χ0v) is 11.5. The fourth-order valence-corrected chi connectivity index (χ4v) is 1.65. The van der Waals surface area contributed by atoms with Crippen molar-refractivity contribution in [1.29, 1.82) is 0 Å².